The number of carbonyl (C=O) groups is 1. The standard InChI is InChI=1S/C11H18N2O4/c1-3-4-13-7-8(6-12-13)11(16)9(14)5-10(15)17-2/h6-7,9,11,14,16H,3-5H2,1-2H3. The lowest BCUT2D eigenvalue weighted by Gasteiger charge is -2.14. The van der Waals surface area contributed by atoms with Crippen molar-refractivity contribution in [3.05, 3.63) is 18.0 Å². The van der Waals surface area contributed by atoms with E-state index in [0.29, 0.717) is 5.56 Å². The quantitative estimate of drug-likeness (QED) is 0.698. The summed E-state index contributed by atoms with van der Waals surface area (Å²) in [6, 6.07) is 0. The molecule has 1 aromatic rings. The highest BCUT2D eigenvalue weighted by Gasteiger charge is 2.22. The van der Waals surface area contributed by atoms with Gasteiger partial charge < -0.3 is 14.9 Å². The van der Waals surface area contributed by atoms with Gasteiger partial charge in [0.25, 0.3) is 0 Å². The summed E-state index contributed by atoms with van der Waals surface area (Å²) in [5, 5.41) is 23.5. The smallest absolute Gasteiger partial charge is 0.308 e. The molecule has 0 aliphatic rings. The first kappa shape index (κ1) is 13.7. The molecule has 0 saturated carbocycles. The molecule has 0 radical (unpaired) electrons. The average Bonchev–Trinajstić information content (AvgIpc) is 2.76. The molecular weight excluding hydrogens is 224 g/mol. The lowest BCUT2D eigenvalue weighted by atomic mass is 10.1. The number of carbonyl (C=O) groups excluding carboxylic acids is 1. The number of aliphatic hydroxyl groups is 2. The molecule has 2 unspecified atom stereocenters. The van der Waals surface area contributed by atoms with Crippen molar-refractivity contribution in [3.8, 4) is 0 Å². The number of esters is 1. The molecule has 1 aromatic heterocycles. The van der Waals surface area contributed by atoms with Gasteiger partial charge in [0.1, 0.15) is 6.10 Å². The predicted molar refractivity (Wildman–Crippen MR) is 60.1 cm³/mol. The number of aryl methyl sites for hydroxylation is 1. The lowest BCUT2D eigenvalue weighted by Crippen LogP contribution is -2.22. The molecule has 96 valence electrons. The fraction of sp³-hybridized carbons (Fsp3) is 0.636. The molecule has 0 amide bonds. The van der Waals surface area contributed by atoms with Crippen LogP contribution in [-0.2, 0) is 16.1 Å². The number of nitrogens with zero attached hydrogens (tertiary/aromatic N) is 2. The Morgan fingerprint density at radius 3 is 2.88 bits per heavy atom. The van der Waals surface area contributed by atoms with E-state index in [1.807, 2.05) is 6.92 Å². The molecule has 6 nitrogen and oxygen atoms in total. The van der Waals surface area contributed by atoms with Gasteiger partial charge in [-0.05, 0) is 6.42 Å². The van der Waals surface area contributed by atoms with Crippen LogP contribution in [0.15, 0.2) is 12.4 Å². The van der Waals surface area contributed by atoms with Crippen molar-refractivity contribution in [1.29, 1.82) is 0 Å². The molecule has 0 aromatic carbocycles. The maximum absolute atomic E-state index is 11.0. The van der Waals surface area contributed by atoms with Gasteiger partial charge in [-0.2, -0.15) is 5.10 Å². The molecule has 17 heavy (non-hydrogen) atoms. The Kier molecular flexibility index (Phi) is 5.11. The lowest BCUT2D eigenvalue weighted by molar-refractivity contribution is -0.144. The highest BCUT2D eigenvalue weighted by atomic mass is 16.5. The number of methoxy groups -OCH3 is 1. The van der Waals surface area contributed by atoms with Crippen molar-refractivity contribution < 1.29 is 19.7 Å². The molecule has 0 saturated heterocycles. The average molecular weight is 242 g/mol. The molecule has 1 heterocycles. The molecule has 0 bridgehead atoms. The van der Waals surface area contributed by atoms with Gasteiger partial charge in [0.2, 0.25) is 0 Å². The van der Waals surface area contributed by atoms with Crippen LogP contribution >= 0.6 is 0 Å². The molecule has 1 rings (SSSR count). The Hall–Kier alpha value is -1.40. The third-order valence-corrected chi connectivity index (χ3v) is 2.42. The summed E-state index contributed by atoms with van der Waals surface area (Å²) in [6.07, 6.45) is 1.54. The van der Waals surface area contributed by atoms with Crippen molar-refractivity contribution in [2.24, 2.45) is 0 Å². The van der Waals surface area contributed by atoms with E-state index in [2.05, 4.69) is 9.84 Å². The summed E-state index contributed by atoms with van der Waals surface area (Å²) >= 11 is 0. The van der Waals surface area contributed by atoms with Gasteiger partial charge in [-0.1, -0.05) is 6.92 Å². The van der Waals surface area contributed by atoms with Gasteiger partial charge in [0.15, 0.2) is 0 Å². The summed E-state index contributed by atoms with van der Waals surface area (Å²) in [5.41, 5.74) is 0.495. The van der Waals surface area contributed by atoms with Crippen LogP contribution in [0.25, 0.3) is 0 Å². The van der Waals surface area contributed by atoms with Crippen molar-refractivity contribution in [2.75, 3.05) is 7.11 Å². The van der Waals surface area contributed by atoms with Gasteiger partial charge in [-0.15, -0.1) is 0 Å². The van der Waals surface area contributed by atoms with Gasteiger partial charge in [-0.3, -0.25) is 9.48 Å². The third kappa shape index (κ3) is 3.83. The molecule has 0 aliphatic heterocycles. The van der Waals surface area contributed by atoms with E-state index in [0.717, 1.165) is 13.0 Å². The van der Waals surface area contributed by atoms with E-state index in [9.17, 15) is 15.0 Å². The second-order valence-corrected chi connectivity index (χ2v) is 3.83. The first-order valence-corrected chi connectivity index (χ1v) is 5.53. The number of hydrogen-bond acceptors (Lipinski definition) is 5. The van der Waals surface area contributed by atoms with E-state index in [1.165, 1.54) is 13.3 Å². The van der Waals surface area contributed by atoms with Crippen LogP contribution in [0.3, 0.4) is 0 Å². The Bertz CT molecular complexity index is 364. The zero-order valence-electron chi connectivity index (χ0n) is 10.0. The number of rotatable bonds is 6. The predicted octanol–water partition coefficient (Wildman–Crippen LogP) is 0.251. The highest BCUT2D eigenvalue weighted by Crippen LogP contribution is 2.18. The molecule has 0 spiro atoms. The zero-order valence-corrected chi connectivity index (χ0v) is 10.0. The first-order chi connectivity index (χ1) is 8.08. The van der Waals surface area contributed by atoms with E-state index in [1.54, 1.807) is 10.9 Å². The third-order valence-electron chi connectivity index (χ3n) is 2.42. The minimum atomic E-state index is -1.18. The molecular formula is C11H18N2O4. The normalized spacial score (nSPS) is 14.4. The fourth-order valence-electron chi connectivity index (χ4n) is 1.47. The fourth-order valence-corrected chi connectivity index (χ4v) is 1.47. The van der Waals surface area contributed by atoms with Crippen molar-refractivity contribution in [1.82, 2.24) is 9.78 Å². The topological polar surface area (TPSA) is 84.6 Å². The van der Waals surface area contributed by atoms with Crippen LogP contribution in [0.1, 0.15) is 31.4 Å². The monoisotopic (exact) mass is 242 g/mol. The van der Waals surface area contributed by atoms with Crippen LogP contribution in [0.5, 0.6) is 0 Å². The van der Waals surface area contributed by atoms with Crippen molar-refractivity contribution >= 4 is 5.97 Å². The van der Waals surface area contributed by atoms with E-state index >= 15 is 0 Å². The van der Waals surface area contributed by atoms with Gasteiger partial charge in [0.05, 0.1) is 25.8 Å². The molecule has 2 N–H and O–H groups in total. The van der Waals surface area contributed by atoms with Gasteiger partial charge in [0, 0.05) is 18.3 Å². The largest absolute Gasteiger partial charge is 0.469 e. The van der Waals surface area contributed by atoms with Crippen LogP contribution in [-0.4, -0.2) is 39.2 Å². The Labute approximate surface area is 99.8 Å². The molecule has 0 aliphatic carbocycles. The molecule has 6 heteroatoms. The van der Waals surface area contributed by atoms with Crippen molar-refractivity contribution in [2.45, 2.75) is 38.5 Å². The Balaban J connectivity index is 2.60. The highest BCUT2D eigenvalue weighted by molar-refractivity contribution is 5.69. The molecule has 0 fully saturated rings. The number of hydrogen-bond donors (Lipinski definition) is 2. The SMILES string of the molecule is CCCn1cc(C(O)C(O)CC(=O)OC)cn1. The second-order valence-electron chi connectivity index (χ2n) is 3.83. The van der Waals surface area contributed by atoms with Crippen LogP contribution in [0, 0.1) is 0 Å². The van der Waals surface area contributed by atoms with Crippen LogP contribution in [0.2, 0.25) is 0 Å². The molecule has 2 atom stereocenters. The Morgan fingerprint density at radius 2 is 2.29 bits per heavy atom. The van der Waals surface area contributed by atoms with E-state index in [-0.39, 0.29) is 6.42 Å². The minimum absolute atomic E-state index is 0.239. The van der Waals surface area contributed by atoms with E-state index < -0.39 is 18.2 Å². The minimum Gasteiger partial charge on any atom is -0.469 e. The number of aromatic nitrogens is 2. The van der Waals surface area contributed by atoms with Gasteiger partial charge in [-0.25, -0.2) is 0 Å². The second kappa shape index (κ2) is 6.36. The van der Waals surface area contributed by atoms with Crippen LogP contribution in [0.4, 0.5) is 0 Å². The Morgan fingerprint density at radius 1 is 1.59 bits per heavy atom. The summed E-state index contributed by atoms with van der Waals surface area (Å²) < 4.78 is 6.10. The first-order valence-electron chi connectivity index (χ1n) is 5.53. The zero-order chi connectivity index (χ0) is 12.8. The summed E-state index contributed by atoms with van der Waals surface area (Å²) in [7, 11) is 1.24. The van der Waals surface area contributed by atoms with Gasteiger partial charge >= 0.3 is 5.97 Å². The van der Waals surface area contributed by atoms with E-state index in [4.69, 9.17) is 0 Å². The maximum Gasteiger partial charge on any atom is 0.308 e. The maximum atomic E-state index is 11.0. The summed E-state index contributed by atoms with van der Waals surface area (Å²) in [5.74, 6) is -0.558. The number of ether oxygens (including phenoxy) is 1. The van der Waals surface area contributed by atoms with Crippen LogP contribution < -0.4 is 0 Å². The van der Waals surface area contributed by atoms with Crippen molar-refractivity contribution in [3.63, 3.8) is 0 Å². The number of aliphatic hydroxyl groups excluding tert-OH is 2. The summed E-state index contributed by atoms with van der Waals surface area (Å²) in [6.45, 7) is 2.77. The summed E-state index contributed by atoms with van der Waals surface area (Å²) in [4.78, 5) is 11.0.